The lowest BCUT2D eigenvalue weighted by Gasteiger charge is -2.29. The van der Waals surface area contributed by atoms with Gasteiger partial charge < -0.3 is 20.1 Å². The predicted octanol–water partition coefficient (Wildman–Crippen LogP) is 3.05. The molecule has 146 valence electrons. The van der Waals surface area contributed by atoms with Crippen LogP contribution in [-0.2, 0) is 11.2 Å². The molecule has 6 heteroatoms. The fourth-order valence-corrected chi connectivity index (χ4v) is 3.14. The summed E-state index contributed by atoms with van der Waals surface area (Å²) in [5.74, 6) is 1.49. The van der Waals surface area contributed by atoms with Gasteiger partial charge in [0.25, 0.3) is 0 Å². The van der Waals surface area contributed by atoms with Crippen molar-refractivity contribution in [3.63, 3.8) is 0 Å². The van der Waals surface area contributed by atoms with Crippen LogP contribution >= 0.6 is 12.4 Å². The third kappa shape index (κ3) is 4.93. The Morgan fingerprint density at radius 1 is 1.15 bits per heavy atom. The van der Waals surface area contributed by atoms with Crippen LogP contribution in [0.3, 0.4) is 0 Å². The molecule has 2 aromatic carbocycles. The normalized spacial score (nSPS) is 14.5. The van der Waals surface area contributed by atoms with Gasteiger partial charge in [-0.15, -0.1) is 12.4 Å². The summed E-state index contributed by atoms with van der Waals surface area (Å²) in [5, 5.41) is 6.37. The first-order valence-electron chi connectivity index (χ1n) is 8.90. The van der Waals surface area contributed by atoms with Crippen LogP contribution in [0.2, 0.25) is 0 Å². The highest BCUT2D eigenvalue weighted by atomic mass is 35.5. The maximum atomic E-state index is 12.6. The zero-order valence-electron chi connectivity index (χ0n) is 16.0. The number of rotatable bonds is 7. The molecular formula is C21H27ClN2O3. The maximum Gasteiger partial charge on any atom is 0.226 e. The van der Waals surface area contributed by atoms with Gasteiger partial charge in [-0.25, -0.2) is 0 Å². The molecule has 1 aliphatic heterocycles. The molecule has 1 saturated heterocycles. The van der Waals surface area contributed by atoms with Crippen molar-refractivity contribution in [1.82, 2.24) is 10.6 Å². The first kappa shape index (κ1) is 21.1. The second-order valence-electron chi connectivity index (χ2n) is 6.66. The molecule has 0 spiro atoms. The second-order valence-corrected chi connectivity index (χ2v) is 6.66. The van der Waals surface area contributed by atoms with Gasteiger partial charge in [0.1, 0.15) is 0 Å². The molecule has 0 bridgehead atoms. The van der Waals surface area contributed by atoms with Gasteiger partial charge in [0.05, 0.1) is 26.2 Å². The van der Waals surface area contributed by atoms with Gasteiger partial charge in [-0.1, -0.05) is 30.3 Å². The van der Waals surface area contributed by atoms with Crippen molar-refractivity contribution in [1.29, 1.82) is 0 Å². The van der Waals surface area contributed by atoms with Crippen molar-refractivity contribution in [2.75, 3.05) is 27.3 Å². The smallest absolute Gasteiger partial charge is 0.226 e. The van der Waals surface area contributed by atoms with Crippen molar-refractivity contribution in [3.8, 4) is 11.5 Å². The molecule has 0 saturated carbocycles. The minimum absolute atomic E-state index is 0. The third-order valence-electron chi connectivity index (χ3n) is 4.96. The number of hydrogen-bond donors (Lipinski definition) is 2. The van der Waals surface area contributed by atoms with Gasteiger partial charge in [0.2, 0.25) is 5.91 Å². The Morgan fingerprint density at radius 3 is 2.44 bits per heavy atom. The van der Waals surface area contributed by atoms with Crippen LogP contribution in [0.25, 0.3) is 0 Å². The number of halogens is 1. The molecule has 2 aromatic rings. The van der Waals surface area contributed by atoms with Crippen LogP contribution < -0.4 is 20.1 Å². The summed E-state index contributed by atoms with van der Waals surface area (Å²) in [6.45, 7) is 3.59. The average Bonchev–Trinajstić information content (AvgIpc) is 2.60. The minimum atomic E-state index is -0.121. The van der Waals surface area contributed by atoms with Gasteiger partial charge in [0.15, 0.2) is 11.5 Å². The lowest BCUT2D eigenvalue weighted by atomic mass is 9.94. The SMILES string of the molecule is COc1ccc(C(Cc2ccccc2C)NC(=O)C2CNC2)cc1OC.Cl. The Hall–Kier alpha value is -2.24. The molecule has 1 unspecified atom stereocenters. The van der Waals surface area contributed by atoms with Crippen molar-refractivity contribution in [2.45, 2.75) is 19.4 Å². The monoisotopic (exact) mass is 390 g/mol. The Labute approximate surface area is 166 Å². The van der Waals surface area contributed by atoms with E-state index in [-0.39, 0.29) is 30.3 Å². The molecule has 0 radical (unpaired) electrons. The van der Waals surface area contributed by atoms with E-state index in [9.17, 15) is 4.79 Å². The molecule has 3 rings (SSSR count). The highest BCUT2D eigenvalue weighted by molar-refractivity contribution is 5.85. The van der Waals surface area contributed by atoms with Crippen LogP contribution in [0.5, 0.6) is 11.5 Å². The van der Waals surface area contributed by atoms with Crippen LogP contribution in [0, 0.1) is 12.8 Å². The maximum absolute atomic E-state index is 12.6. The summed E-state index contributed by atoms with van der Waals surface area (Å²) in [4.78, 5) is 12.6. The van der Waals surface area contributed by atoms with Crippen molar-refractivity contribution in [3.05, 3.63) is 59.2 Å². The summed E-state index contributed by atoms with van der Waals surface area (Å²) in [5.41, 5.74) is 3.45. The van der Waals surface area contributed by atoms with E-state index >= 15 is 0 Å². The molecule has 2 N–H and O–H groups in total. The zero-order chi connectivity index (χ0) is 18.5. The van der Waals surface area contributed by atoms with E-state index in [2.05, 4.69) is 29.7 Å². The van der Waals surface area contributed by atoms with Gasteiger partial charge in [-0.05, 0) is 42.2 Å². The quantitative estimate of drug-likeness (QED) is 0.762. The molecular weight excluding hydrogens is 364 g/mol. The zero-order valence-corrected chi connectivity index (χ0v) is 16.8. The van der Waals surface area contributed by atoms with Crippen LogP contribution in [0.4, 0.5) is 0 Å². The van der Waals surface area contributed by atoms with Gasteiger partial charge in [-0.3, -0.25) is 4.79 Å². The number of methoxy groups -OCH3 is 2. The summed E-state index contributed by atoms with van der Waals surface area (Å²) in [6.07, 6.45) is 0.730. The van der Waals surface area contributed by atoms with E-state index in [4.69, 9.17) is 9.47 Å². The molecule has 5 nitrogen and oxygen atoms in total. The van der Waals surface area contributed by atoms with Crippen molar-refractivity contribution >= 4 is 18.3 Å². The van der Waals surface area contributed by atoms with Crippen molar-refractivity contribution < 1.29 is 14.3 Å². The number of carbonyl (C=O) groups excluding carboxylic acids is 1. The Bertz CT molecular complexity index is 778. The number of ether oxygens (including phenoxy) is 2. The topological polar surface area (TPSA) is 59.6 Å². The van der Waals surface area contributed by atoms with Crippen molar-refractivity contribution in [2.24, 2.45) is 5.92 Å². The summed E-state index contributed by atoms with van der Waals surface area (Å²) in [7, 11) is 3.24. The lowest BCUT2D eigenvalue weighted by Crippen LogP contribution is -2.51. The molecule has 1 heterocycles. The molecule has 1 aliphatic rings. The third-order valence-corrected chi connectivity index (χ3v) is 4.96. The number of hydrogen-bond acceptors (Lipinski definition) is 4. The number of carbonyl (C=O) groups is 1. The molecule has 0 aliphatic carbocycles. The molecule has 27 heavy (non-hydrogen) atoms. The highest BCUT2D eigenvalue weighted by Crippen LogP contribution is 2.31. The van der Waals surface area contributed by atoms with E-state index < -0.39 is 0 Å². The Morgan fingerprint density at radius 2 is 1.85 bits per heavy atom. The number of amides is 1. The molecule has 1 atom stereocenters. The largest absolute Gasteiger partial charge is 0.493 e. The fraction of sp³-hybridized carbons (Fsp3) is 0.381. The minimum Gasteiger partial charge on any atom is -0.493 e. The lowest BCUT2D eigenvalue weighted by molar-refractivity contribution is -0.127. The van der Waals surface area contributed by atoms with E-state index in [1.54, 1.807) is 14.2 Å². The van der Waals surface area contributed by atoms with Crippen LogP contribution in [0.15, 0.2) is 42.5 Å². The summed E-state index contributed by atoms with van der Waals surface area (Å²) < 4.78 is 10.8. The summed E-state index contributed by atoms with van der Waals surface area (Å²) >= 11 is 0. The average molecular weight is 391 g/mol. The van der Waals surface area contributed by atoms with E-state index in [1.165, 1.54) is 11.1 Å². The van der Waals surface area contributed by atoms with Gasteiger partial charge in [0, 0.05) is 13.1 Å². The highest BCUT2D eigenvalue weighted by Gasteiger charge is 2.27. The number of benzene rings is 2. The van der Waals surface area contributed by atoms with Crippen LogP contribution in [-0.4, -0.2) is 33.2 Å². The number of nitrogens with one attached hydrogen (secondary N) is 2. The standard InChI is InChI=1S/C21H26N2O3.ClH/c1-14-6-4-5-7-15(14)10-18(23-21(24)17-12-22-13-17)16-8-9-19(25-2)20(11-16)26-3;/h4-9,11,17-18,22H,10,12-13H2,1-3H3,(H,23,24);1H. The van der Waals surface area contributed by atoms with E-state index in [1.807, 2.05) is 30.3 Å². The first-order valence-corrected chi connectivity index (χ1v) is 8.90. The molecule has 1 amide bonds. The van der Waals surface area contributed by atoms with Gasteiger partial charge in [-0.2, -0.15) is 0 Å². The van der Waals surface area contributed by atoms with Gasteiger partial charge >= 0.3 is 0 Å². The molecule has 1 fully saturated rings. The Kier molecular flexibility index (Phi) is 7.51. The fourth-order valence-electron chi connectivity index (χ4n) is 3.14. The Balaban J connectivity index is 0.00000261. The first-order chi connectivity index (χ1) is 12.6. The second kappa shape index (κ2) is 9.62. The van der Waals surface area contributed by atoms with Crippen LogP contribution in [0.1, 0.15) is 22.7 Å². The molecule has 0 aromatic heterocycles. The van der Waals surface area contributed by atoms with E-state index in [0.717, 1.165) is 25.1 Å². The van der Waals surface area contributed by atoms with E-state index in [0.29, 0.717) is 11.5 Å². The summed E-state index contributed by atoms with van der Waals surface area (Å²) in [6, 6.07) is 14.0. The predicted molar refractivity (Wildman–Crippen MR) is 109 cm³/mol. The number of aryl methyl sites for hydroxylation is 1.